The van der Waals surface area contributed by atoms with Gasteiger partial charge in [-0.2, -0.15) is 5.26 Å². The summed E-state index contributed by atoms with van der Waals surface area (Å²) in [6, 6.07) is 18.4. The van der Waals surface area contributed by atoms with Crippen LogP contribution in [0.4, 0.5) is 11.4 Å². The van der Waals surface area contributed by atoms with Gasteiger partial charge in [0.1, 0.15) is 17.4 Å². The van der Waals surface area contributed by atoms with Crippen molar-refractivity contribution in [2.75, 3.05) is 31.0 Å². The Morgan fingerprint density at radius 3 is 2.41 bits per heavy atom. The first-order valence-corrected chi connectivity index (χ1v) is 11.8. The first-order chi connectivity index (χ1) is 17.8. The number of hydrogen-bond acceptors (Lipinski definition) is 6. The molecule has 2 amide bonds. The summed E-state index contributed by atoms with van der Waals surface area (Å²) in [5, 5.41) is 15.5. The lowest BCUT2D eigenvalue weighted by molar-refractivity contribution is -0.118. The maximum absolute atomic E-state index is 12.6. The quantitative estimate of drug-likeness (QED) is 0.243. The van der Waals surface area contributed by atoms with Crippen LogP contribution in [0.5, 0.6) is 17.2 Å². The minimum atomic E-state index is -0.616. The number of carbonyl (C=O) groups is 2. The van der Waals surface area contributed by atoms with E-state index in [2.05, 4.69) is 10.6 Å². The van der Waals surface area contributed by atoms with E-state index in [4.69, 9.17) is 37.4 Å². The van der Waals surface area contributed by atoms with Crippen LogP contribution in [0, 0.1) is 11.3 Å². The maximum atomic E-state index is 12.6. The number of nitrogens with zero attached hydrogens (tertiary/aromatic N) is 1. The Balaban J connectivity index is 1.75. The zero-order valence-electron chi connectivity index (χ0n) is 20.0. The summed E-state index contributed by atoms with van der Waals surface area (Å²) < 4.78 is 16.4. The van der Waals surface area contributed by atoms with Crippen LogP contribution in [0.25, 0.3) is 6.08 Å². The standard InChI is InChI=1S/C27H23Cl2N3O5/c1-3-36-24-13-17(11-18(15-30)27(34)32-21-6-4-5-19(28)14-21)12-23(29)26(24)37-16-25(33)31-20-7-9-22(35-2)10-8-20/h4-14H,3,16H2,1-2H3,(H,31,33)(H,32,34)/b18-11-. The largest absolute Gasteiger partial charge is 0.497 e. The summed E-state index contributed by atoms with van der Waals surface area (Å²) in [5.74, 6) is 0.0583. The summed E-state index contributed by atoms with van der Waals surface area (Å²) in [4.78, 5) is 25.0. The van der Waals surface area contributed by atoms with E-state index in [-0.39, 0.29) is 35.3 Å². The number of hydrogen-bond donors (Lipinski definition) is 2. The molecule has 0 aliphatic rings. The van der Waals surface area contributed by atoms with Crippen molar-refractivity contribution >= 4 is 52.5 Å². The van der Waals surface area contributed by atoms with Gasteiger partial charge in [0, 0.05) is 16.4 Å². The summed E-state index contributed by atoms with van der Waals surface area (Å²) in [6.07, 6.45) is 1.37. The second-order valence-corrected chi connectivity index (χ2v) is 8.31. The minimum Gasteiger partial charge on any atom is -0.497 e. The molecule has 0 heterocycles. The average molecular weight is 540 g/mol. The van der Waals surface area contributed by atoms with Gasteiger partial charge in [-0.05, 0) is 73.2 Å². The van der Waals surface area contributed by atoms with Crippen molar-refractivity contribution < 1.29 is 23.8 Å². The Labute approximate surface area is 224 Å². The van der Waals surface area contributed by atoms with Crippen molar-refractivity contribution in [2.24, 2.45) is 0 Å². The molecule has 0 bridgehead atoms. The Morgan fingerprint density at radius 1 is 1.00 bits per heavy atom. The van der Waals surface area contributed by atoms with Crippen LogP contribution >= 0.6 is 23.2 Å². The molecule has 0 aliphatic carbocycles. The van der Waals surface area contributed by atoms with Gasteiger partial charge in [0.15, 0.2) is 18.1 Å². The lowest BCUT2D eigenvalue weighted by Crippen LogP contribution is -2.20. The first kappa shape index (κ1) is 27.4. The van der Waals surface area contributed by atoms with Gasteiger partial charge in [0.2, 0.25) is 0 Å². The molecule has 0 aliphatic heterocycles. The Kier molecular flexibility index (Phi) is 9.78. The SMILES string of the molecule is CCOc1cc(/C=C(/C#N)C(=O)Nc2cccc(Cl)c2)cc(Cl)c1OCC(=O)Nc1ccc(OC)cc1. The highest BCUT2D eigenvalue weighted by atomic mass is 35.5. The van der Waals surface area contributed by atoms with E-state index in [1.165, 1.54) is 12.1 Å². The normalized spacial score (nSPS) is 10.7. The summed E-state index contributed by atoms with van der Waals surface area (Å²) in [6.45, 7) is 1.74. The van der Waals surface area contributed by atoms with Gasteiger partial charge in [-0.25, -0.2) is 0 Å². The maximum Gasteiger partial charge on any atom is 0.266 e. The zero-order valence-corrected chi connectivity index (χ0v) is 21.5. The average Bonchev–Trinajstić information content (AvgIpc) is 2.87. The van der Waals surface area contributed by atoms with Crippen molar-refractivity contribution in [3.05, 3.63) is 81.8 Å². The molecular weight excluding hydrogens is 517 g/mol. The molecule has 0 unspecified atom stereocenters. The first-order valence-electron chi connectivity index (χ1n) is 11.0. The number of anilines is 2. The molecule has 0 aromatic heterocycles. The lowest BCUT2D eigenvalue weighted by Gasteiger charge is -2.15. The number of halogens is 2. The highest BCUT2D eigenvalue weighted by Gasteiger charge is 2.16. The molecule has 8 nitrogen and oxygen atoms in total. The lowest BCUT2D eigenvalue weighted by atomic mass is 10.1. The molecule has 0 atom stereocenters. The van der Waals surface area contributed by atoms with E-state index in [0.29, 0.717) is 27.7 Å². The fourth-order valence-electron chi connectivity index (χ4n) is 3.16. The molecule has 2 N–H and O–H groups in total. The molecule has 10 heteroatoms. The van der Waals surface area contributed by atoms with E-state index in [1.807, 2.05) is 6.07 Å². The third-order valence-electron chi connectivity index (χ3n) is 4.81. The molecule has 0 saturated carbocycles. The number of rotatable bonds is 10. The predicted molar refractivity (Wildman–Crippen MR) is 143 cm³/mol. The third kappa shape index (κ3) is 7.90. The van der Waals surface area contributed by atoms with Crippen molar-refractivity contribution in [3.8, 4) is 23.3 Å². The van der Waals surface area contributed by atoms with Crippen LogP contribution in [0.15, 0.2) is 66.2 Å². The second-order valence-electron chi connectivity index (χ2n) is 7.46. The number of benzene rings is 3. The molecule has 3 rings (SSSR count). The Bertz CT molecular complexity index is 1350. The topological polar surface area (TPSA) is 110 Å². The van der Waals surface area contributed by atoms with Gasteiger partial charge in [-0.3, -0.25) is 9.59 Å². The number of methoxy groups -OCH3 is 1. The molecule has 0 fully saturated rings. The molecular formula is C27H23Cl2N3O5. The zero-order chi connectivity index (χ0) is 26.8. The molecule has 0 saturated heterocycles. The molecule has 3 aromatic rings. The van der Waals surface area contributed by atoms with Gasteiger partial charge < -0.3 is 24.8 Å². The number of nitrogens with one attached hydrogen (secondary N) is 2. The molecule has 0 radical (unpaired) electrons. The number of ether oxygens (including phenoxy) is 3. The van der Waals surface area contributed by atoms with Crippen molar-refractivity contribution in [2.45, 2.75) is 6.92 Å². The van der Waals surface area contributed by atoms with Crippen LogP contribution in [-0.4, -0.2) is 32.1 Å². The molecule has 37 heavy (non-hydrogen) atoms. The van der Waals surface area contributed by atoms with Crippen LogP contribution in [0.2, 0.25) is 10.0 Å². The smallest absolute Gasteiger partial charge is 0.266 e. The molecule has 0 spiro atoms. The van der Waals surface area contributed by atoms with E-state index in [9.17, 15) is 14.9 Å². The van der Waals surface area contributed by atoms with E-state index >= 15 is 0 Å². The van der Waals surface area contributed by atoms with Crippen LogP contribution < -0.4 is 24.8 Å². The predicted octanol–water partition coefficient (Wildman–Crippen LogP) is 5.96. The number of carbonyl (C=O) groups excluding carboxylic acids is 2. The minimum absolute atomic E-state index is 0.141. The van der Waals surface area contributed by atoms with Gasteiger partial charge in [0.25, 0.3) is 11.8 Å². The van der Waals surface area contributed by atoms with Crippen molar-refractivity contribution in [3.63, 3.8) is 0 Å². The van der Waals surface area contributed by atoms with Crippen molar-refractivity contribution in [1.29, 1.82) is 5.26 Å². The van der Waals surface area contributed by atoms with E-state index < -0.39 is 11.8 Å². The van der Waals surface area contributed by atoms with Crippen LogP contribution in [-0.2, 0) is 9.59 Å². The van der Waals surface area contributed by atoms with E-state index in [0.717, 1.165) is 0 Å². The Morgan fingerprint density at radius 2 is 1.76 bits per heavy atom. The van der Waals surface area contributed by atoms with Crippen LogP contribution in [0.3, 0.4) is 0 Å². The van der Waals surface area contributed by atoms with Crippen molar-refractivity contribution in [1.82, 2.24) is 0 Å². The summed E-state index contributed by atoms with van der Waals surface area (Å²) in [7, 11) is 1.55. The number of amides is 2. The fraction of sp³-hybridized carbons (Fsp3) is 0.148. The second kappa shape index (κ2) is 13.2. The van der Waals surface area contributed by atoms with Gasteiger partial charge >= 0.3 is 0 Å². The molecule has 190 valence electrons. The monoisotopic (exact) mass is 539 g/mol. The van der Waals surface area contributed by atoms with Gasteiger partial charge in [-0.15, -0.1) is 0 Å². The Hall–Kier alpha value is -4.19. The third-order valence-corrected chi connectivity index (χ3v) is 5.33. The summed E-state index contributed by atoms with van der Waals surface area (Å²) in [5.41, 5.74) is 1.29. The number of nitriles is 1. The van der Waals surface area contributed by atoms with E-state index in [1.54, 1.807) is 68.6 Å². The molecule has 3 aromatic carbocycles. The van der Waals surface area contributed by atoms with Crippen LogP contribution in [0.1, 0.15) is 12.5 Å². The highest BCUT2D eigenvalue weighted by Crippen LogP contribution is 2.37. The highest BCUT2D eigenvalue weighted by molar-refractivity contribution is 6.32. The van der Waals surface area contributed by atoms with Gasteiger partial charge in [0.05, 0.1) is 18.7 Å². The van der Waals surface area contributed by atoms with Gasteiger partial charge in [-0.1, -0.05) is 29.3 Å². The fourth-order valence-corrected chi connectivity index (χ4v) is 3.63. The summed E-state index contributed by atoms with van der Waals surface area (Å²) >= 11 is 12.4.